The zero-order valence-electron chi connectivity index (χ0n) is 16.6. The van der Waals surface area contributed by atoms with E-state index in [1.807, 2.05) is 18.2 Å². The summed E-state index contributed by atoms with van der Waals surface area (Å²) in [5.74, 6) is 0.711. The first kappa shape index (κ1) is 19.5. The van der Waals surface area contributed by atoms with Crippen molar-refractivity contribution in [3.05, 3.63) is 89.5 Å². The van der Waals surface area contributed by atoms with E-state index in [0.717, 1.165) is 37.6 Å². The van der Waals surface area contributed by atoms with Crippen molar-refractivity contribution in [3.8, 4) is 0 Å². The maximum atomic E-state index is 13.3. The SMILES string of the molecule is CC1CN(C(C=C=C2C=CC(F)=CC2)c2nncn2Cc2ccccc2)CCN1. The Hall–Kier alpha value is -2.79. The van der Waals surface area contributed by atoms with Gasteiger partial charge in [0, 0.05) is 32.1 Å². The Labute approximate surface area is 170 Å². The smallest absolute Gasteiger partial charge is 0.155 e. The lowest BCUT2D eigenvalue weighted by molar-refractivity contribution is 0.167. The van der Waals surface area contributed by atoms with Crippen LogP contribution in [0.3, 0.4) is 0 Å². The maximum absolute atomic E-state index is 13.3. The Morgan fingerprint density at radius 3 is 2.93 bits per heavy atom. The molecule has 1 fully saturated rings. The molecular formula is C23H26FN5. The summed E-state index contributed by atoms with van der Waals surface area (Å²) in [5.41, 5.74) is 5.56. The summed E-state index contributed by atoms with van der Waals surface area (Å²) in [6.45, 7) is 5.69. The molecule has 0 bridgehead atoms. The molecule has 2 heterocycles. The van der Waals surface area contributed by atoms with E-state index in [1.54, 1.807) is 18.5 Å². The van der Waals surface area contributed by atoms with Crippen LogP contribution in [-0.2, 0) is 6.54 Å². The van der Waals surface area contributed by atoms with Gasteiger partial charge in [-0.05, 0) is 42.4 Å². The van der Waals surface area contributed by atoms with Crippen molar-refractivity contribution < 1.29 is 4.39 Å². The number of halogens is 1. The molecule has 0 radical (unpaired) electrons. The molecule has 5 nitrogen and oxygen atoms in total. The third kappa shape index (κ3) is 4.98. The third-order valence-corrected chi connectivity index (χ3v) is 5.29. The highest BCUT2D eigenvalue weighted by atomic mass is 19.1. The lowest BCUT2D eigenvalue weighted by Crippen LogP contribution is -2.50. The fourth-order valence-corrected chi connectivity index (χ4v) is 3.77. The topological polar surface area (TPSA) is 46.0 Å². The molecular weight excluding hydrogens is 365 g/mol. The molecule has 0 saturated carbocycles. The number of nitrogens with zero attached hydrogens (tertiary/aromatic N) is 4. The number of piperazine rings is 1. The summed E-state index contributed by atoms with van der Waals surface area (Å²) in [5, 5.41) is 12.2. The summed E-state index contributed by atoms with van der Waals surface area (Å²) in [6, 6.07) is 10.7. The van der Waals surface area contributed by atoms with Crippen molar-refractivity contribution in [1.82, 2.24) is 25.0 Å². The number of nitrogens with one attached hydrogen (secondary N) is 1. The van der Waals surface area contributed by atoms with Gasteiger partial charge in [0.15, 0.2) is 5.82 Å². The van der Waals surface area contributed by atoms with Gasteiger partial charge in [-0.15, -0.1) is 15.9 Å². The van der Waals surface area contributed by atoms with Gasteiger partial charge in [0.1, 0.15) is 12.2 Å². The molecule has 1 saturated heterocycles. The monoisotopic (exact) mass is 391 g/mol. The molecule has 150 valence electrons. The highest BCUT2D eigenvalue weighted by Crippen LogP contribution is 2.23. The summed E-state index contributed by atoms with van der Waals surface area (Å²) in [4.78, 5) is 2.41. The van der Waals surface area contributed by atoms with E-state index in [2.05, 4.69) is 55.8 Å². The standard InChI is InChI=1S/C23H26FN5/c1-18-15-28(14-13-25-18)22(12-9-19-7-10-21(24)11-8-19)23-27-26-17-29(23)16-20-5-3-2-4-6-20/h2-7,10-12,17-18,22,25H,8,13-16H2,1H3. The molecule has 29 heavy (non-hydrogen) atoms. The molecule has 1 aromatic heterocycles. The van der Waals surface area contributed by atoms with Gasteiger partial charge in [0.05, 0.1) is 12.6 Å². The molecule has 0 amide bonds. The molecule has 2 unspecified atom stereocenters. The first-order chi connectivity index (χ1) is 14.2. The van der Waals surface area contributed by atoms with Crippen molar-refractivity contribution >= 4 is 0 Å². The number of hydrogen-bond donors (Lipinski definition) is 1. The molecule has 2 atom stereocenters. The lowest BCUT2D eigenvalue weighted by Gasteiger charge is -2.35. The van der Waals surface area contributed by atoms with Crippen molar-refractivity contribution in [3.63, 3.8) is 0 Å². The van der Waals surface area contributed by atoms with Crippen molar-refractivity contribution in [2.75, 3.05) is 19.6 Å². The molecule has 2 aliphatic rings. The predicted molar refractivity (Wildman–Crippen MR) is 112 cm³/mol. The van der Waals surface area contributed by atoms with Gasteiger partial charge in [0.2, 0.25) is 0 Å². The lowest BCUT2D eigenvalue weighted by atomic mass is 10.1. The van der Waals surface area contributed by atoms with E-state index in [9.17, 15) is 4.39 Å². The van der Waals surface area contributed by atoms with Crippen LogP contribution in [0, 0.1) is 0 Å². The van der Waals surface area contributed by atoms with E-state index < -0.39 is 0 Å². The number of allylic oxidation sites excluding steroid dienone is 4. The van der Waals surface area contributed by atoms with Crippen LogP contribution in [0.5, 0.6) is 0 Å². The fourth-order valence-electron chi connectivity index (χ4n) is 3.77. The van der Waals surface area contributed by atoms with Crippen LogP contribution in [0.25, 0.3) is 0 Å². The van der Waals surface area contributed by atoms with E-state index in [-0.39, 0.29) is 11.9 Å². The Kier molecular flexibility index (Phi) is 6.15. The average Bonchev–Trinajstić information content (AvgIpc) is 3.18. The summed E-state index contributed by atoms with van der Waals surface area (Å²) < 4.78 is 15.4. The van der Waals surface area contributed by atoms with Crippen LogP contribution in [0.2, 0.25) is 0 Å². The quantitative estimate of drug-likeness (QED) is 0.792. The van der Waals surface area contributed by atoms with Crippen LogP contribution in [0.15, 0.2) is 78.1 Å². The maximum Gasteiger partial charge on any atom is 0.155 e. The molecule has 1 aromatic carbocycles. The van der Waals surface area contributed by atoms with Crippen molar-refractivity contribution in [2.24, 2.45) is 0 Å². The zero-order valence-corrected chi connectivity index (χ0v) is 16.6. The third-order valence-electron chi connectivity index (χ3n) is 5.29. The van der Waals surface area contributed by atoms with Gasteiger partial charge in [-0.3, -0.25) is 4.90 Å². The van der Waals surface area contributed by atoms with Crippen LogP contribution < -0.4 is 5.32 Å². The Morgan fingerprint density at radius 1 is 1.31 bits per heavy atom. The zero-order chi connectivity index (χ0) is 20.1. The second-order valence-corrected chi connectivity index (χ2v) is 7.56. The fraction of sp³-hybridized carbons (Fsp3) is 0.348. The number of aromatic nitrogens is 3. The summed E-state index contributed by atoms with van der Waals surface area (Å²) in [6.07, 6.45) is 9.26. The first-order valence-electron chi connectivity index (χ1n) is 10.1. The highest BCUT2D eigenvalue weighted by molar-refractivity contribution is 5.32. The van der Waals surface area contributed by atoms with Gasteiger partial charge >= 0.3 is 0 Å². The van der Waals surface area contributed by atoms with E-state index in [0.29, 0.717) is 12.5 Å². The minimum Gasteiger partial charge on any atom is -0.312 e. The van der Waals surface area contributed by atoms with Crippen LogP contribution in [-0.4, -0.2) is 45.3 Å². The second-order valence-electron chi connectivity index (χ2n) is 7.56. The van der Waals surface area contributed by atoms with Crippen LogP contribution >= 0.6 is 0 Å². The number of rotatable bonds is 5. The molecule has 1 aliphatic heterocycles. The number of benzene rings is 1. The summed E-state index contributed by atoms with van der Waals surface area (Å²) in [7, 11) is 0. The van der Waals surface area contributed by atoms with Crippen molar-refractivity contribution in [1.29, 1.82) is 0 Å². The van der Waals surface area contributed by atoms with Gasteiger partial charge in [-0.1, -0.05) is 30.3 Å². The largest absolute Gasteiger partial charge is 0.312 e. The first-order valence-corrected chi connectivity index (χ1v) is 10.1. The van der Waals surface area contributed by atoms with E-state index in [1.165, 1.54) is 11.6 Å². The van der Waals surface area contributed by atoms with E-state index >= 15 is 0 Å². The van der Waals surface area contributed by atoms with Gasteiger partial charge in [-0.25, -0.2) is 4.39 Å². The molecule has 4 rings (SSSR count). The minimum atomic E-state index is -0.189. The molecule has 6 heteroatoms. The Morgan fingerprint density at radius 2 is 2.17 bits per heavy atom. The Balaban J connectivity index is 1.65. The Bertz CT molecular complexity index is 953. The van der Waals surface area contributed by atoms with E-state index in [4.69, 9.17) is 0 Å². The predicted octanol–water partition coefficient (Wildman–Crippen LogP) is 3.56. The van der Waals surface area contributed by atoms with Gasteiger partial charge in [-0.2, -0.15) is 0 Å². The molecule has 1 N–H and O–H groups in total. The molecule has 2 aromatic rings. The average molecular weight is 391 g/mol. The number of hydrogen-bond acceptors (Lipinski definition) is 4. The summed E-state index contributed by atoms with van der Waals surface area (Å²) >= 11 is 0. The minimum absolute atomic E-state index is 0.0394. The van der Waals surface area contributed by atoms with Gasteiger partial charge in [0.25, 0.3) is 0 Å². The van der Waals surface area contributed by atoms with Gasteiger partial charge < -0.3 is 9.88 Å². The van der Waals surface area contributed by atoms with Crippen molar-refractivity contribution in [2.45, 2.75) is 32.0 Å². The molecule has 0 spiro atoms. The van der Waals surface area contributed by atoms with Crippen LogP contribution in [0.4, 0.5) is 4.39 Å². The normalized spacial score (nSPS) is 20.8. The molecule has 1 aliphatic carbocycles. The second kappa shape index (κ2) is 9.14. The van der Waals surface area contributed by atoms with Crippen LogP contribution in [0.1, 0.15) is 30.8 Å². The highest BCUT2D eigenvalue weighted by Gasteiger charge is 2.27.